The summed E-state index contributed by atoms with van der Waals surface area (Å²) in [4.78, 5) is 22.4. The maximum Gasteiger partial charge on any atom is 0.252 e. The van der Waals surface area contributed by atoms with Crippen molar-refractivity contribution in [3.63, 3.8) is 0 Å². The van der Waals surface area contributed by atoms with Gasteiger partial charge in [0.05, 0.1) is 27.4 Å². The van der Waals surface area contributed by atoms with Crippen molar-refractivity contribution in [2.45, 2.75) is 25.3 Å². The number of para-hydroxylation sites is 1. The zero-order chi connectivity index (χ0) is 24.1. The Labute approximate surface area is 199 Å². The number of benzene rings is 2. The van der Waals surface area contributed by atoms with Crippen LogP contribution in [0.25, 0.3) is 22.3 Å². The number of pyridine rings is 2. The van der Waals surface area contributed by atoms with Crippen molar-refractivity contribution in [1.82, 2.24) is 19.6 Å². The number of sulfonamides is 1. The fourth-order valence-electron chi connectivity index (χ4n) is 3.78. The van der Waals surface area contributed by atoms with Gasteiger partial charge in [-0.3, -0.25) is 9.78 Å². The maximum atomic E-state index is 13.1. The van der Waals surface area contributed by atoms with Crippen LogP contribution in [0.2, 0.25) is 0 Å². The summed E-state index contributed by atoms with van der Waals surface area (Å²) in [5, 5.41) is 3.69. The summed E-state index contributed by atoms with van der Waals surface area (Å²) in [5.74, 6) is -0.240. The zero-order valence-corrected chi connectivity index (χ0v) is 19.9. The Kier molecular flexibility index (Phi) is 7.00. The summed E-state index contributed by atoms with van der Waals surface area (Å²) in [6.07, 6.45) is 1.69. The lowest BCUT2D eigenvalue weighted by Crippen LogP contribution is -2.30. The lowest BCUT2D eigenvalue weighted by Gasteiger charge is -2.18. The van der Waals surface area contributed by atoms with E-state index >= 15 is 0 Å². The van der Waals surface area contributed by atoms with Crippen LogP contribution in [0.4, 0.5) is 0 Å². The third kappa shape index (κ3) is 4.83. The van der Waals surface area contributed by atoms with E-state index in [2.05, 4.69) is 15.3 Å². The first-order valence-electron chi connectivity index (χ1n) is 11.1. The molecule has 2 aromatic carbocycles. The lowest BCUT2D eigenvalue weighted by molar-refractivity contribution is 0.0952. The fourth-order valence-corrected chi connectivity index (χ4v) is 5.24. The quantitative estimate of drug-likeness (QED) is 0.412. The maximum absolute atomic E-state index is 13.1. The van der Waals surface area contributed by atoms with E-state index in [0.29, 0.717) is 35.6 Å². The highest BCUT2D eigenvalue weighted by Gasteiger charge is 2.21. The second-order valence-corrected chi connectivity index (χ2v) is 9.64. The first kappa shape index (κ1) is 23.5. The van der Waals surface area contributed by atoms with E-state index in [1.807, 2.05) is 56.3 Å². The molecule has 1 amide bonds. The van der Waals surface area contributed by atoms with Crippen LogP contribution in [0.15, 0.2) is 83.9 Å². The molecule has 174 valence electrons. The average molecular weight is 475 g/mol. The predicted octanol–water partition coefficient (Wildman–Crippen LogP) is 4.26. The van der Waals surface area contributed by atoms with Gasteiger partial charge in [0, 0.05) is 31.2 Å². The Bertz CT molecular complexity index is 1400. The molecule has 0 fully saturated rings. The highest BCUT2D eigenvalue weighted by atomic mass is 32.2. The summed E-state index contributed by atoms with van der Waals surface area (Å²) in [6.45, 7) is 4.72. The molecule has 0 aliphatic heterocycles. The second-order valence-electron chi connectivity index (χ2n) is 7.70. The van der Waals surface area contributed by atoms with Crippen LogP contribution in [0, 0.1) is 0 Å². The number of hydrogen-bond donors (Lipinski definition) is 1. The van der Waals surface area contributed by atoms with E-state index in [0.717, 1.165) is 10.9 Å². The van der Waals surface area contributed by atoms with Crippen molar-refractivity contribution in [2.24, 2.45) is 0 Å². The number of nitrogens with zero attached hydrogens (tertiary/aromatic N) is 3. The van der Waals surface area contributed by atoms with E-state index in [4.69, 9.17) is 0 Å². The van der Waals surface area contributed by atoms with Crippen molar-refractivity contribution in [1.29, 1.82) is 0 Å². The van der Waals surface area contributed by atoms with Crippen molar-refractivity contribution < 1.29 is 13.2 Å². The van der Waals surface area contributed by atoms with Gasteiger partial charge in [-0.05, 0) is 42.0 Å². The number of hydrogen-bond acceptors (Lipinski definition) is 5. The SMILES string of the molecule is CCN(CC)S(=O)(=O)c1ccc(CNC(=O)c2cc(-c3ccccn3)nc3ccccc23)cc1. The standard InChI is InChI=1S/C26H26N4O3S/c1-3-30(4-2)34(32,33)20-14-12-19(13-15-20)18-28-26(31)22-17-25(24-11-7-8-16-27-24)29-23-10-6-5-9-21(22)23/h5-17H,3-4,18H2,1-2H3,(H,28,31). The molecule has 4 rings (SSSR count). The average Bonchev–Trinajstić information content (AvgIpc) is 2.88. The molecular formula is C26H26N4O3S. The largest absolute Gasteiger partial charge is 0.348 e. The Hall–Kier alpha value is -3.62. The van der Waals surface area contributed by atoms with E-state index in [1.165, 1.54) is 4.31 Å². The summed E-state index contributed by atoms with van der Waals surface area (Å²) in [6, 6.07) is 21.4. The molecule has 0 bridgehead atoms. The molecule has 7 nitrogen and oxygen atoms in total. The van der Waals surface area contributed by atoms with Gasteiger partial charge in [0.1, 0.15) is 0 Å². The van der Waals surface area contributed by atoms with Gasteiger partial charge in [-0.25, -0.2) is 13.4 Å². The third-order valence-electron chi connectivity index (χ3n) is 5.61. The van der Waals surface area contributed by atoms with Gasteiger partial charge in [-0.15, -0.1) is 0 Å². The smallest absolute Gasteiger partial charge is 0.252 e. The van der Waals surface area contributed by atoms with E-state index in [9.17, 15) is 13.2 Å². The molecule has 0 aliphatic carbocycles. The molecular weight excluding hydrogens is 448 g/mol. The van der Waals surface area contributed by atoms with E-state index < -0.39 is 10.0 Å². The summed E-state index contributed by atoms with van der Waals surface area (Å²) < 4.78 is 26.8. The number of nitrogens with one attached hydrogen (secondary N) is 1. The molecule has 0 saturated heterocycles. The lowest BCUT2D eigenvalue weighted by atomic mass is 10.1. The van der Waals surface area contributed by atoms with Crippen LogP contribution in [0.1, 0.15) is 29.8 Å². The molecule has 0 atom stereocenters. The zero-order valence-electron chi connectivity index (χ0n) is 19.1. The summed E-state index contributed by atoms with van der Waals surface area (Å²) in [7, 11) is -3.51. The molecule has 0 saturated carbocycles. The minimum atomic E-state index is -3.51. The van der Waals surface area contributed by atoms with Crippen LogP contribution < -0.4 is 5.32 Å². The first-order valence-corrected chi connectivity index (χ1v) is 12.6. The minimum Gasteiger partial charge on any atom is -0.348 e. The van der Waals surface area contributed by atoms with Crippen LogP contribution in [0.5, 0.6) is 0 Å². The molecule has 1 N–H and O–H groups in total. The fraction of sp³-hybridized carbons (Fsp3) is 0.192. The number of amides is 1. The van der Waals surface area contributed by atoms with Crippen LogP contribution in [-0.2, 0) is 16.6 Å². The number of fused-ring (bicyclic) bond motifs is 1. The molecule has 0 radical (unpaired) electrons. The molecule has 2 aromatic heterocycles. The van der Waals surface area contributed by atoms with Gasteiger partial charge >= 0.3 is 0 Å². The van der Waals surface area contributed by atoms with Gasteiger partial charge in [0.2, 0.25) is 10.0 Å². The molecule has 2 heterocycles. The monoisotopic (exact) mass is 474 g/mol. The highest BCUT2D eigenvalue weighted by molar-refractivity contribution is 7.89. The molecule has 4 aromatic rings. The van der Waals surface area contributed by atoms with Crippen LogP contribution in [-0.4, -0.2) is 41.7 Å². The molecule has 0 unspecified atom stereocenters. The second kappa shape index (κ2) is 10.1. The highest BCUT2D eigenvalue weighted by Crippen LogP contribution is 2.24. The van der Waals surface area contributed by atoms with Crippen molar-refractivity contribution >= 4 is 26.8 Å². The first-order chi connectivity index (χ1) is 16.4. The Morgan fingerprint density at radius 3 is 2.29 bits per heavy atom. The Balaban J connectivity index is 1.56. The topological polar surface area (TPSA) is 92.3 Å². The molecule has 8 heteroatoms. The number of carbonyl (C=O) groups is 1. The van der Waals surface area contributed by atoms with Gasteiger partial charge in [-0.2, -0.15) is 4.31 Å². The Morgan fingerprint density at radius 2 is 1.62 bits per heavy atom. The van der Waals surface area contributed by atoms with Gasteiger partial charge in [0.25, 0.3) is 5.91 Å². The molecule has 34 heavy (non-hydrogen) atoms. The third-order valence-corrected chi connectivity index (χ3v) is 7.67. The number of rotatable bonds is 8. The minimum absolute atomic E-state index is 0.240. The van der Waals surface area contributed by atoms with Crippen molar-refractivity contribution in [3.05, 3.63) is 90.1 Å². The van der Waals surface area contributed by atoms with Gasteiger partial charge < -0.3 is 5.32 Å². The Morgan fingerprint density at radius 1 is 0.912 bits per heavy atom. The summed E-state index contributed by atoms with van der Waals surface area (Å²) >= 11 is 0. The van der Waals surface area contributed by atoms with Crippen molar-refractivity contribution in [2.75, 3.05) is 13.1 Å². The molecule has 0 aliphatic rings. The normalized spacial score (nSPS) is 11.6. The van der Waals surface area contributed by atoms with Crippen LogP contribution in [0.3, 0.4) is 0 Å². The van der Waals surface area contributed by atoms with Crippen molar-refractivity contribution in [3.8, 4) is 11.4 Å². The molecule has 0 spiro atoms. The van der Waals surface area contributed by atoms with E-state index in [-0.39, 0.29) is 17.3 Å². The van der Waals surface area contributed by atoms with E-state index in [1.54, 1.807) is 36.5 Å². The summed E-state index contributed by atoms with van der Waals surface area (Å²) in [5.41, 5.74) is 3.33. The van der Waals surface area contributed by atoms with Gasteiger partial charge in [-0.1, -0.05) is 50.2 Å². The predicted molar refractivity (Wildman–Crippen MR) is 133 cm³/mol. The van der Waals surface area contributed by atoms with Crippen LogP contribution >= 0.6 is 0 Å². The van der Waals surface area contributed by atoms with Gasteiger partial charge in [0.15, 0.2) is 0 Å². The number of aromatic nitrogens is 2. The number of carbonyl (C=O) groups excluding carboxylic acids is 1.